The van der Waals surface area contributed by atoms with E-state index in [0.717, 1.165) is 0 Å². The van der Waals surface area contributed by atoms with Gasteiger partial charge in [-0.3, -0.25) is 15.0 Å². The van der Waals surface area contributed by atoms with Crippen molar-refractivity contribution in [3.63, 3.8) is 0 Å². The van der Waals surface area contributed by atoms with Crippen LogP contribution in [0.5, 0.6) is 0 Å². The van der Waals surface area contributed by atoms with Gasteiger partial charge in [-0.1, -0.05) is 0 Å². The van der Waals surface area contributed by atoms with Crippen LogP contribution in [0.4, 0.5) is 10.5 Å². The number of benzene rings is 1. The fourth-order valence-corrected chi connectivity index (χ4v) is 2.78. The Morgan fingerprint density at radius 2 is 2.00 bits per heavy atom. The van der Waals surface area contributed by atoms with Crippen molar-refractivity contribution in [1.82, 2.24) is 4.90 Å². The van der Waals surface area contributed by atoms with E-state index in [0.29, 0.717) is 24.9 Å². The monoisotopic (exact) mass is 359 g/mol. The molecule has 0 unspecified atom stereocenters. The molecule has 8 nitrogen and oxygen atoms in total. The highest BCUT2D eigenvalue weighted by Gasteiger charge is 2.36. The Labute approximate surface area is 151 Å². The quantitative estimate of drug-likeness (QED) is 0.380. The van der Waals surface area contributed by atoms with E-state index < -0.39 is 22.7 Å². The topological polar surface area (TPSA) is 117 Å². The Balaban J connectivity index is 2.32. The minimum Gasteiger partial charge on any atom is -0.509 e. The second-order valence-electron chi connectivity index (χ2n) is 7.01. The normalized spacial score (nSPS) is 18.1. The number of hydrogen-bond donors (Lipinski definition) is 1. The maximum absolute atomic E-state index is 12.4. The number of amides is 1. The van der Waals surface area contributed by atoms with Gasteiger partial charge in [0.15, 0.2) is 0 Å². The van der Waals surface area contributed by atoms with E-state index in [-0.39, 0.29) is 17.0 Å². The molecular weight excluding hydrogens is 338 g/mol. The summed E-state index contributed by atoms with van der Waals surface area (Å²) in [6.07, 6.45) is 0.628. The molecule has 138 valence electrons. The molecule has 26 heavy (non-hydrogen) atoms. The molecule has 1 aromatic carbocycles. The van der Waals surface area contributed by atoms with Crippen molar-refractivity contribution in [2.24, 2.45) is 0 Å². The van der Waals surface area contributed by atoms with Gasteiger partial charge >= 0.3 is 6.09 Å². The first kappa shape index (κ1) is 19.2. The van der Waals surface area contributed by atoms with Gasteiger partial charge in [0.25, 0.3) is 5.69 Å². The van der Waals surface area contributed by atoms with Gasteiger partial charge in [-0.15, -0.1) is 0 Å². The van der Waals surface area contributed by atoms with Crippen LogP contribution < -0.4 is 0 Å². The molecule has 1 heterocycles. The van der Waals surface area contributed by atoms with Gasteiger partial charge in [0.05, 0.1) is 16.5 Å². The number of carbonyl (C=O) groups excluding carboxylic acids is 1. The van der Waals surface area contributed by atoms with Gasteiger partial charge in [-0.2, -0.15) is 5.26 Å². The highest BCUT2D eigenvalue weighted by atomic mass is 16.6. The lowest BCUT2D eigenvalue weighted by Crippen LogP contribution is -2.40. The van der Waals surface area contributed by atoms with Gasteiger partial charge in [-0.05, 0) is 51.3 Å². The molecule has 1 saturated heterocycles. The molecule has 2 rings (SSSR count). The predicted octanol–water partition coefficient (Wildman–Crippen LogP) is 3.79. The first-order chi connectivity index (χ1) is 12.1. The van der Waals surface area contributed by atoms with Crippen molar-refractivity contribution < 1.29 is 19.6 Å². The second-order valence-corrected chi connectivity index (χ2v) is 7.01. The zero-order chi connectivity index (χ0) is 19.5. The lowest BCUT2D eigenvalue weighted by Gasteiger charge is -2.28. The third kappa shape index (κ3) is 4.30. The van der Waals surface area contributed by atoms with Crippen LogP contribution in [-0.4, -0.2) is 39.2 Å². The molecule has 1 aliphatic heterocycles. The summed E-state index contributed by atoms with van der Waals surface area (Å²) in [6.45, 7) is 5.68. The van der Waals surface area contributed by atoms with Gasteiger partial charge in [-0.25, -0.2) is 4.79 Å². The van der Waals surface area contributed by atoms with E-state index in [1.165, 1.54) is 29.2 Å². The zero-order valence-corrected chi connectivity index (χ0v) is 14.9. The van der Waals surface area contributed by atoms with Crippen LogP contribution >= 0.6 is 0 Å². The van der Waals surface area contributed by atoms with E-state index in [4.69, 9.17) is 4.74 Å². The van der Waals surface area contributed by atoms with Gasteiger partial charge in [0.2, 0.25) is 0 Å². The van der Waals surface area contributed by atoms with Crippen LogP contribution in [0.3, 0.4) is 0 Å². The number of nitro benzene ring substituents is 1. The van der Waals surface area contributed by atoms with Crippen molar-refractivity contribution in [3.05, 3.63) is 45.7 Å². The summed E-state index contributed by atoms with van der Waals surface area (Å²) in [5, 5.41) is 30.8. The number of aliphatic hydroxyl groups excluding tert-OH is 1. The van der Waals surface area contributed by atoms with E-state index in [1.807, 2.05) is 6.07 Å². The maximum Gasteiger partial charge on any atom is 0.410 e. The molecule has 8 heteroatoms. The minimum absolute atomic E-state index is 0.0136. The third-order valence-electron chi connectivity index (χ3n) is 3.93. The van der Waals surface area contributed by atoms with Crippen LogP contribution in [0.2, 0.25) is 0 Å². The van der Waals surface area contributed by atoms with Gasteiger partial charge in [0.1, 0.15) is 17.4 Å². The van der Waals surface area contributed by atoms with Crippen LogP contribution in [0.25, 0.3) is 5.57 Å². The lowest BCUT2D eigenvalue weighted by molar-refractivity contribution is -0.384. The first-order valence-corrected chi connectivity index (χ1v) is 8.21. The van der Waals surface area contributed by atoms with E-state index in [9.17, 15) is 25.3 Å². The van der Waals surface area contributed by atoms with Crippen LogP contribution in [0.15, 0.2) is 30.0 Å². The fourth-order valence-electron chi connectivity index (χ4n) is 2.78. The van der Waals surface area contributed by atoms with Crippen molar-refractivity contribution >= 4 is 17.4 Å². The Hall–Kier alpha value is -3.08. The molecule has 1 aromatic rings. The van der Waals surface area contributed by atoms with E-state index in [1.54, 1.807) is 20.8 Å². The predicted molar refractivity (Wildman–Crippen MR) is 94.2 cm³/mol. The fraction of sp³-hybridized carbons (Fsp3) is 0.444. The van der Waals surface area contributed by atoms with E-state index in [2.05, 4.69) is 0 Å². The molecule has 0 radical (unpaired) electrons. The van der Waals surface area contributed by atoms with Crippen LogP contribution in [0.1, 0.15) is 39.2 Å². The summed E-state index contributed by atoms with van der Waals surface area (Å²) in [5.41, 5.74) is -0.436. The molecule has 0 aliphatic carbocycles. The lowest BCUT2D eigenvalue weighted by atomic mass is 10.0. The van der Waals surface area contributed by atoms with Crippen molar-refractivity contribution in [1.29, 1.82) is 5.26 Å². The molecule has 0 saturated carbocycles. The van der Waals surface area contributed by atoms with Crippen molar-refractivity contribution in [2.75, 3.05) is 6.54 Å². The highest BCUT2D eigenvalue weighted by molar-refractivity contribution is 5.80. The standard InChI is InChI=1S/C18H21N3O5/c1-18(2,3)26-17(23)20-10-4-5-15(20)16(22)14(11-19)12-6-8-13(9-7-12)21(24)25/h6-9,15,22H,4-5,10H2,1-3H3/b16-14-/t15-/m0/s1. The largest absolute Gasteiger partial charge is 0.509 e. The first-order valence-electron chi connectivity index (χ1n) is 8.21. The number of hydrogen-bond acceptors (Lipinski definition) is 6. The number of nitriles is 1. The number of allylic oxidation sites excluding steroid dienone is 1. The molecule has 0 bridgehead atoms. The summed E-state index contributed by atoms with van der Waals surface area (Å²) in [5.74, 6) is -0.232. The summed E-state index contributed by atoms with van der Waals surface area (Å²) in [7, 11) is 0. The second kappa shape index (κ2) is 7.44. The summed E-state index contributed by atoms with van der Waals surface area (Å²) in [6, 6.07) is 6.61. The number of nitro groups is 1. The molecule has 1 amide bonds. The molecular formula is C18H21N3O5. The van der Waals surface area contributed by atoms with Gasteiger partial charge in [0, 0.05) is 18.7 Å². The van der Waals surface area contributed by atoms with Crippen LogP contribution in [-0.2, 0) is 4.74 Å². The molecule has 1 N–H and O–H groups in total. The van der Waals surface area contributed by atoms with E-state index >= 15 is 0 Å². The number of nitrogens with zero attached hydrogens (tertiary/aromatic N) is 3. The molecule has 0 aromatic heterocycles. The Morgan fingerprint density at radius 1 is 1.38 bits per heavy atom. The van der Waals surface area contributed by atoms with Crippen LogP contribution in [0, 0.1) is 21.4 Å². The van der Waals surface area contributed by atoms with Gasteiger partial charge < -0.3 is 9.84 Å². The average molecular weight is 359 g/mol. The molecule has 1 atom stereocenters. The number of non-ortho nitro benzene ring substituents is 1. The van der Waals surface area contributed by atoms with Crippen molar-refractivity contribution in [2.45, 2.75) is 45.3 Å². The zero-order valence-electron chi connectivity index (χ0n) is 14.9. The number of likely N-dealkylation sites (tertiary alicyclic amines) is 1. The number of carbonyl (C=O) groups is 1. The summed E-state index contributed by atoms with van der Waals surface area (Å²) >= 11 is 0. The number of ether oxygens (including phenoxy) is 1. The molecule has 0 spiro atoms. The smallest absolute Gasteiger partial charge is 0.410 e. The van der Waals surface area contributed by atoms with Crippen molar-refractivity contribution in [3.8, 4) is 6.07 Å². The maximum atomic E-state index is 12.4. The third-order valence-corrected chi connectivity index (χ3v) is 3.93. The Morgan fingerprint density at radius 3 is 2.50 bits per heavy atom. The summed E-state index contributed by atoms with van der Waals surface area (Å²) in [4.78, 5) is 24.0. The Kier molecular flexibility index (Phi) is 5.50. The minimum atomic E-state index is -0.667. The Bertz CT molecular complexity index is 772. The number of rotatable bonds is 3. The average Bonchev–Trinajstić information content (AvgIpc) is 3.04. The summed E-state index contributed by atoms with van der Waals surface area (Å²) < 4.78 is 5.36. The SMILES string of the molecule is CC(C)(C)OC(=O)N1CCC[C@H]1/C(O)=C(\C#N)c1ccc([N+](=O)[O-])cc1. The highest BCUT2D eigenvalue weighted by Crippen LogP contribution is 2.30. The molecule has 1 fully saturated rings. The number of aliphatic hydroxyl groups is 1. The molecule has 1 aliphatic rings.